The number of nitrogens with one attached hydrogen (secondary N) is 1. The van der Waals surface area contributed by atoms with Gasteiger partial charge in [-0.25, -0.2) is 0 Å². The van der Waals surface area contributed by atoms with Crippen LogP contribution in [0.4, 0.5) is 0 Å². The summed E-state index contributed by atoms with van der Waals surface area (Å²) < 4.78 is 0. The summed E-state index contributed by atoms with van der Waals surface area (Å²) in [5.41, 5.74) is 6.55. The Morgan fingerprint density at radius 2 is 2.05 bits per heavy atom. The molecule has 1 rings (SSSR count). The topological polar surface area (TPSA) is 55.1 Å². The number of hydrogen-bond donors (Lipinski definition) is 2. The first-order chi connectivity index (χ1) is 9.06. The molecule has 0 aliphatic carbocycles. The number of thioether (sulfide) groups is 1. The summed E-state index contributed by atoms with van der Waals surface area (Å²) in [6.07, 6.45) is 0. The lowest BCUT2D eigenvalue weighted by molar-refractivity contribution is -0.121. The van der Waals surface area contributed by atoms with Crippen molar-refractivity contribution in [3.8, 4) is 0 Å². The Morgan fingerprint density at radius 1 is 1.42 bits per heavy atom. The summed E-state index contributed by atoms with van der Waals surface area (Å²) in [7, 11) is 0. The van der Waals surface area contributed by atoms with Gasteiger partial charge in [0.25, 0.3) is 0 Å². The van der Waals surface area contributed by atoms with Crippen LogP contribution in [0.3, 0.4) is 0 Å². The molecule has 1 aromatic rings. The third kappa shape index (κ3) is 5.20. The van der Waals surface area contributed by atoms with Crippen LogP contribution in [0.25, 0.3) is 0 Å². The molecule has 0 radical (unpaired) electrons. The van der Waals surface area contributed by atoms with E-state index in [0.717, 1.165) is 17.1 Å². The van der Waals surface area contributed by atoms with Crippen LogP contribution in [-0.2, 0) is 4.79 Å². The lowest BCUT2D eigenvalue weighted by Gasteiger charge is -2.19. The zero-order valence-corrected chi connectivity index (χ0v) is 12.9. The molecule has 0 aliphatic rings. The average Bonchev–Trinajstić information content (AvgIpc) is 2.37. The normalized spacial score (nSPS) is 13.6. The SMILES string of the molecule is CCSCC(C)NC(=O)C(C(N)=S)c1ccccc1. The molecule has 2 atom stereocenters. The fraction of sp³-hybridized carbons (Fsp3) is 0.429. The Balaban J connectivity index is 2.72. The molecule has 1 amide bonds. The number of hydrogen-bond acceptors (Lipinski definition) is 3. The van der Waals surface area contributed by atoms with Crippen LogP contribution in [0.1, 0.15) is 25.3 Å². The number of carbonyl (C=O) groups is 1. The molecule has 3 nitrogen and oxygen atoms in total. The highest BCUT2D eigenvalue weighted by Gasteiger charge is 2.24. The van der Waals surface area contributed by atoms with Crippen LogP contribution in [0.2, 0.25) is 0 Å². The summed E-state index contributed by atoms with van der Waals surface area (Å²) in [6.45, 7) is 4.09. The van der Waals surface area contributed by atoms with E-state index in [2.05, 4.69) is 12.2 Å². The molecule has 0 saturated carbocycles. The Labute approximate surface area is 124 Å². The third-order valence-corrected chi connectivity index (χ3v) is 4.02. The molecular weight excluding hydrogens is 276 g/mol. The largest absolute Gasteiger partial charge is 0.392 e. The standard InChI is InChI=1S/C14H20N2OS2/c1-3-19-9-10(2)16-14(17)12(13(15)18)11-7-5-4-6-8-11/h4-8,10,12H,3,9H2,1-2H3,(H2,15,18)(H,16,17). The smallest absolute Gasteiger partial charge is 0.234 e. The van der Waals surface area contributed by atoms with Gasteiger partial charge in [0.05, 0.1) is 4.99 Å². The second-order valence-electron chi connectivity index (χ2n) is 4.32. The molecule has 0 fully saturated rings. The Morgan fingerprint density at radius 3 is 2.58 bits per heavy atom. The van der Waals surface area contributed by atoms with Crippen molar-refractivity contribution < 1.29 is 4.79 Å². The minimum Gasteiger partial charge on any atom is -0.392 e. The number of nitrogens with two attached hydrogens (primary N) is 1. The number of rotatable bonds is 7. The number of benzene rings is 1. The van der Waals surface area contributed by atoms with Gasteiger partial charge < -0.3 is 11.1 Å². The van der Waals surface area contributed by atoms with E-state index in [1.165, 1.54) is 0 Å². The minimum absolute atomic E-state index is 0.109. The van der Waals surface area contributed by atoms with Gasteiger partial charge in [-0.1, -0.05) is 49.5 Å². The van der Waals surface area contributed by atoms with Gasteiger partial charge in [-0.05, 0) is 18.2 Å². The molecule has 1 aromatic carbocycles. The van der Waals surface area contributed by atoms with E-state index in [4.69, 9.17) is 18.0 Å². The van der Waals surface area contributed by atoms with Crippen molar-refractivity contribution in [2.45, 2.75) is 25.8 Å². The monoisotopic (exact) mass is 296 g/mol. The van der Waals surface area contributed by atoms with E-state index in [9.17, 15) is 4.79 Å². The minimum atomic E-state index is -0.551. The molecule has 0 bridgehead atoms. The fourth-order valence-corrected chi connectivity index (χ4v) is 2.67. The van der Waals surface area contributed by atoms with Crippen molar-refractivity contribution in [3.63, 3.8) is 0 Å². The van der Waals surface area contributed by atoms with Crippen LogP contribution < -0.4 is 11.1 Å². The molecule has 5 heteroatoms. The number of carbonyl (C=O) groups excluding carboxylic acids is 1. The van der Waals surface area contributed by atoms with Gasteiger partial charge in [0, 0.05) is 11.8 Å². The van der Waals surface area contributed by atoms with E-state index in [1.807, 2.05) is 37.3 Å². The summed E-state index contributed by atoms with van der Waals surface area (Å²) >= 11 is 6.82. The third-order valence-electron chi connectivity index (χ3n) is 2.64. The van der Waals surface area contributed by atoms with Crippen LogP contribution in [0, 0.1) is 0 Å². The molecule has 19 heavy (non-hydrogen) atoms. The maximum atomic E-state index is 12.3. The van der Waals surface area contributed by atoms with Crippen molar-refractivity contribution in [1.82, 2.24) is 5.32 Å². The van der Waals surface area contributed by atoms with Gasteiger partial charge in [-0.3, -0.25) is 4.79 Å². The summed E-state index contributed by atoms with van der Waals surface area (Å²) in [5, 5.41) is 2.97. The van der Waals surface area contributed by atoms with Gasteiger partial charge in [-0.2, -0.15) is 11.8 Å². The molecule has 0 saturated heterocycles. The van der Waals surface area contributed by atoms with Crippen LogP contribution in [0.15, 0.2) is 30.3 Å². The molecule has 104 valence electrons. The first-order valence-electron chi connectivity index (χ1n) is 6.28. The maximum absolute atomic E-state index is 12.3. The van der Waals surface area contributed by atoms with Crippen molar-refractivity contribution >= 4 is 34.9 Å². The molecular formula is C14H20N2OS2. The Hall–Kier alpha value is -1.07. The maximum Gasteiger partial charge on any atom is 0.234 e. The highest BCUT2D eigenvalue weighted by atomic mass is 32.2. The second-order valence-corrected chi connectivity index (χ2v) is 6.11. The second kappa shape index (κ2) is 8.17. The highest BCUT2D eigenvalue weighted by Crippen LogP contribution is 2.16. The van der Waals surface area contributed by atoms with Gasteiger partial charge >= 0.3 is 0 Å². The molecule has 3 N–H and O–H groups in total. The van der Waals surface area contributed by atoms with Gasteiger partial charge in [0.2, 0.25) is 5.91 Å². The predicted octanol–water partition coefficient (Wildman–Crippen LogP) is 2.31. The van der Waals surface area contributed by atoms with Crippen LogP contribution >= 0.6 is 24.0 Å². The summed E-state index contributed by atoms with van der Waals surface area (Å²) in [5.74, 6) is 1.26. The highest BCUT2D eigenvalue weighted by molar-refractivity contribution is 7.99. The van der Waals surface area contributed by atoms with E-state index in [0.29, 0.717) is 0 Å². The molecule has 0 heterocycles. The predicted molar refractivity (Wildman–Crippen MR) is 86.6 cm³/mol. The van der Waals surface area contributed by atoms with Crippen LogP contribution in [0.5, 0.6) is 0 Å². The fourth-order valence-electron chi connectivity index (χ4n) is 1.75. The zero-order valence-electron chi connectivity index (χ0n) is 11.3. The zero-order chi connectivity index (χ0) is 14.3. The quantitative estimate of drug-likeness (QED) is 0.758. The van der Waals surface area contributed by atoms with Crippen molar-refractivity contribution in [2.24, 2.45) is 5.73 Å². The van der Waals surface area contributed by atoms with Gasteiger partial charge in [-0.15, -0.1) is 0 Å². The Bertz CT molecular complexity index is 423. The first-order valence-corrected chi connectivity index (χ1v) is 7.85. The van der Waals surface area contributed by atoms with Crippen LogP contribution in [-0.4, -0.2) is 28.4 Å². The lowest BCUT2D eigenvalue weighted by atomic mass is 9.98. The lowest BCUT2D eigenvalue weighted by Crippen LogP contribution is -2.41. The number of amides is 1. The summed E-state index contributed by atoms with van der Waals surface area (Å²) in [4.78, 5) is 12.5. The van der Waals surface area contributed by atoms with Gasteiger partial charge in [0.1, 0.15) is 5.92 Å². The van der Waals surface area contributed by atoms with E-state index >= 15 is 0 Å². The van der Waals surface area contributed by atoms with Crippen molar-refractivity contribution in [2.75, 3.05) is 11.5 Å². The van der Waals surface area contributed by atoms with Gasteiger partial charge in [0.15, 0.2) is 0 Å². The molecule has 0 spiro atoms. The van der Waals surface area contributed by atoms with Crippen molar-refractivity contribution in [1.29, 1.82) is 0 Å². The molecule has 0 aromatic heterocycles. The first kappa shape index (κ1) is 16.0. The van der Waals surface area contributed by atoms with Crippen molar-refractivity contribution in [3.05, 3.63) is 35.9 Å². The van der Waals surface area contributed by atoms with E-state index in [1.54, 1.807) is 11.8 Å². The van der Waals surface area contributed by atoms with E-state index in [-0.39, 0.29) is 16.9 Å². The summed E-state index contributed by atoms with van der Waals surface area (Å²) in [6, 6.07) is 9.51. The molecule has 0 aliphatic heterocycles. The Kier molecular flexibility index (Phi) is 6.87. The molecule has 2 unspecified atom stereocenters. The number of thiocarbonyl (C=S) groups is 1. The van der Waals surface area contributed by atoms with E-state index < -0.39 is 5.92 Å². The average molecular weight is 296 g/mol.